The van der Waals surface area contributed by atoms with Crippen LogP contribution in [-0.2, 0) is 15.6 Å². The minimum atomic E-state index is -3.47. The van der Waals surface area contributed by atoms with Crippen LogP contribution < -0.4 is 5.32 Å². The van der Waals surface area contributed by atoms with Crippen LogP contribution in [0.15, 0.2) is 70.0 Å². The third-order valence-electron chi connectivity index (χ3n) is 4.54. The highest BCUT2D eigenvalue weighted by atomic mass is 32.2. The average Bonchev–Trinajstić information content (AvgIpc) is 3.00. The first kappa shape index (κ1) is 19.9. The monoisotopic (exact) mass is 397 g/mol. The summed E-state index contributed by atoms with van der Waals surface area (Å²) >= 11 is 0. The van der Waals surface area contributed by atoms with Crippen molar-refractivity contribution in [1.29, 1.82) is 0 Å². The van der Waals surface area contributed by atoms with Gasteiger partial charge in [-0.2, -0.15) is 0 Å². The molecule has 0 aliphatic rings. The van der Waals surface area contributed by atoms with Crippen LogP contribution in [0.5, 0.6) is 0 Å². The fourth-order valence-electron chi connectivity index (χ4n) is 3.17. The Labute approximate surface area is 165 Å². The summed E-state index contributed by atoms with van der Waals surface area (Å²) in [6, 6.07) is 16.7. The average molecular weight is 397 g/mol. The molecule has 146 valence electrons. The van der Waals surface area contributed by atoms with Crippen molar-refractivity contribution in [1.82, 2.24) is 5.32 Å². The lowest BCUT2D eigenvalue weighted by atomic mass is 10.1. The van der Waals surface area contributed by atoms with Crippen LogP contribution in [0.1, 0.15) is 46.0 Å². The van der Waals surface area contributed by atoms with Crippen molar-refractivity contribution >= 4 is 15.7 Å². The molecule has 28 heavy (non-hydrogen) atoms. The Kier molecular flexibility index (Phi) is 5.70. The zero-order chi connectivity index (χ0) is 20.3. The second-order valence-electron chi connectivity index (χ2n) is 6.84. The molecule has 5 nitrogen and oxygen atoms in total. The van der Waals surface area contributed by atoms with Crippen molar-refractivity contribution in [3.63, 3.8) is 0 Å². The summed E-state index contributed by atoms with van der Waals surface area (Å²) in [5.41, 5.74) is 1.92. The van der Waals surface area contributed by atoms with Gasteiger partial charge in [-0.05, 0) is 56.7 Å². The first-order chi connectivity index (χ1) is 13.3. The van der Waals surface area contributed by atoms with Gasteiger partial charge < -0.3 is 9.73 Å². The van der Waals surface area contributed by atoms with Gasteiger partial charge in [0.05, 0.1) is 16.7 Å². The lowest BCUT2D eigenvalue weighted by Crippen LogP contribution is -2.26. The smallest absolute Gasteiger partial charge is 0.251 e. The molecule has 0 saturated carbocycles. The van der Waals surface area contributed by atoms with Gasteiger partial charge in [0.15, 0.2) is 9.84 Å². The molecule has 0 aliphatic heterocycles. The summed E-state index contributed by atoms with van der Waals surface area (Å²) in [6.07, 6.45) is 0. The van der Waals surface area contributed by atoms with Crippen molar-refractivity contribution < 1.29 is 17.6 Å². The molecule has 0 fully saturated rings. The molecule has 1 atom stereocenters. The number of amides is 1. The molecule has 1 aromatic heterocycles. The lowest BCUT2D eigenvalue weighted by Gasteiger charge is -2.14. The fraction of sp³-hybridized carbons (Fsp3) is 0.227. The Bertz CT molecular complexity index is 1080. The van der Waals surface area contributed by atoms with E-state index >= 15 is 0 Å². The van der Waals surface area contributed by atoms with Gasteiger partial charge in [0, 0.05) is 11.1 Å². The largest absolute Gasteiger partial charge is 0.466 e. The standard InChI is InChI=1S/C22H23NO4S/c1-15-12-21(17(3)27-15)16(2)23-22(24)19-9-7-8-18(13-19)14-28(25,26)20-10-5-4-6-11-20/h4-13,16H,14H2,1-3H3,(H,23,24). The van der Waals surface area contributed by atoms with Crippen LogP contribution in [0.25, 0.3) is 0 Å². The molecule has 0 bridgehead atoms. The van der Waals surface area contributed by atoms with Gasteiger partial charge in [0.25, 0.3) is 5.91 Å². The Balaban J connectivity index is 1.75. The number of hydrogen-bond acceptors (Lipinski definition) is 4. The van der Waals surface area contributed by atoms with E-state index in [1.807, 2.05) is 26.8 Å². The van der Waals surface area contributed by atoms with Crippen molar-refractivity contribution in [2.24, 2.45) is 0 Å². The van der Waals surface area contributed by atoms with Crippen molar-refractivity contribution in [2.75, 3.05) is 0 Å². The van der Waals surface area contributed by atoms with E-state index < -0.39 is 9.84 Å². The van der Waals surface area contributed by atoms with E-state index in [4.69, 9.17) is 4.42 Å². The van der Waals surface area contributed by atoms with Gasteiger partial charge in [-0.1, -0.05) is 30.3 Å². The van der Waals surface area contributed by atoms with Crippen LogP contribution >= 0.6 is 0 Å². The highest BCUT2D eigenvalue weighted by Gasteiger charge is 2.18. The van der Waals surface area contributed by atoms with Gasteiger partial charge >= 0.3 is 0 Å². The molecule has 1 N–H and O–H groups in total. The molecule has 3 aromatic rings. The van der Waals surface area contributed by atoms with Crippen molar-refractivity contribution in [2.45, 2.75) is 37.5 Å². The van der Waals surface area contributed by atoms with E-state index in [-0.39, 0.29) is 22.6 Å². The molecule has 1 heterocycles. The second kappa shape index (κ2) is 8.02. The molecular weight excluding hydrogens is 374 g/mol. The second-order valence-corrected chi connectivity index (χ2v) is 8.83. The van der Waals surface area contributed by atoms with Crippen LogP contribution in [0.2, 0.25) is 0 Å². The van der Waals surface area contributed by atoms with Crippen LogP contribution in [0, 0.1) is 13.8 Å². The molecular formula is C22H23NO4S. The van der Waals surface area contributed by atoms with Gasteiger partial charge in [-0.15, -0.1) is 0 Å². The summed E-state index contributed by atoms with van der Waals surface area (Å²) in [5, 5.41) is 2.94. The predicted octanol–water partition coefficient (Wildman–Crippen LogP) is 4.36. The van der Waals surface area contributed by atoms with Gasteiger partial charge in [0.1, 0.15) is 11.5 Å². The number of nitrogens with one attached hydrogen (secondary N) is 1. The van der Waals surface area contributed by atoms with Crippen molar-refractivity contribution in [3.8, 4) is 0 Å². The Morgan fingerprint density at radius 1 is 1.04 bits per heavy atom. The maximum absolute atomic E-state index is 12.6. The number of carbonyl (C=O) groups excluding carboxylic acids is 1. The minimum Gasteiger partial charge on any atom is -0.466 e. The quantitative estimate of drug-likeness (QED) is 0.670. The predicted molar refractivity (Wildman–Crippen MR) is 108 cm³/mol. The normalized spacial score (nSPS) is 12.5. The van der Waals surface area contributed by atoms with Gasteiger partial charge in [-0.3, -0.25) is 4.79 Å². The molecule has 0 radical (unpaired) electrons. The third-order valence-corrected chi connectivity index (χ3v) is 6.25. The molecule has 1 unspecified atom stereocenters. The molecule has 2 aromatic carbocycles. The third kappa shape index (κ3) is 4.51. The first-order valence-corrected chi connectivity index (χ1v) is 10.7. The van der Waals surface area contributed by atoms with Gasteiger partial charge in [-0.25, -0.2) is 8.42 Å². The van der Waals surface area contributed by atoms with E-state index in [2.05, 4.69) is 5.32 Å². The van der Waals surface area contributed by atoms with E-state index in [1.54, 1.807) is 54.6 Å². The van der Waals surface area contributed by atoms with E-state index in [0.29, 0.717) is 11.1 Å². The molecule has 0 aliphatic carbocycles. The highest BCUT2D eigenvalue weighted by molar-refractivity contribution is 7.90. The molecule has 0 saturated heterocycles. The Hall–Kier alpha value is -2.86. The highest BCUT2D eigenvalue weighted by Crippen LogP contribution is 2.22. The number of hydrogen-bond donors (Lipinski definition) is 1. The van der Waals surface area contributed by atoms with Gasteiger partial charge in [0.2, 0.25) is 0 Å². The fourth-order valence-corrected chi connectivity index (χ4v) is 4.53. The first-order valence-electron chi connectivity index (χ1n) is 9.01. The maximum atomic E-state index is 12.6. The van der Waals surface area contributed by atoms with Crippen LogP contribution in [-0.4, -0.2) is 14.3 Å². The molecule has 3 rings (SSSR count). The Morgan fingerprint density at radius 2 is 1.75 bits per heavy atom. The topological polar surface area (TPSA) is 76.4 Å². The summed E-state index contributed by atoms with van der Waals surface area (Å²) in [5.74, 6) is 1.15. The number of rotatable bonds is 6. The molecule has 6 heteroatoms. The SMILES string of the molecule is Cc1cc(C(C)NC(=O)c2cccc(CS(=O)(=O)c3ccccc3)c2)c(C)o1. The van der Waals surface area contributed by atoms with Crippen molar-refractivity contribution in [3.05, 3.63) is 88.9 Å². The van der Waals surface area contributed by atoms with Crippen LogP contribution in [0.4, 0.5) is 0 Å². The number of furan rings is 1. The maximum Gasteiger partial charge on any atom is 0.251 e. The number of aryl methyl sites for hydroxylation is 2. The van der Waals surface area contributed by atoms with E-state index in [9.17, 15) is 13.2 Å². The molecule has 1 amide bonds. The molecule has 0 spiro atoms. The lowest BCUT2D eigenvalue weighted by molar-refractivity contribution is 0.0939. The number of benzene rings is 2. The summed E-state index contributed by atoms with van der Waals surface area (Å²) in [7, 11) is -3.47. The number of sulfone groups is 1. The summed E-state index contributed by atoms with van der Waals surface area (Å²) < 4.78 is 30.7. The number of carbonyl (C=O) groups is 1. The summed E-state index contributed by atoms with van der Waals surface area (Å²) in [4.78, 5) is 12.9. The zero-order valence-corrected chi connectivity index (χ0v) is 16.9. The Morgan fingerprint density at radius 3 is 2.39 bits per heavy atom. The zero-order valence-electron chi connectivity index (χ0n) is 16.1. The minimum absolute atomic E-state index is 0.159. The van der Waals surface area contributed by atoms with E-state index in [1.165, 1.54) is 0 Å². The van der Waals surface area contributed by atoms with Crippen LogP contribution in [0.3, 0.4) is 0 Å². The summed E-state index contributed by atoms with van der Waals surface area (Å²) in [6.45, 7) is 5.61. The van der Waals surface area contributed by atoms with E-state index in [0.717, 1.165) is 17.1 Å².